The Morgan fingerprint density at radius 3 is 2.75 bits per heavy atom. The normalized spacial score (nSPS) is 11.8. The summed E-state index contributed by atoms with van der Waals surface area (Å²) in [5.41, 5.74) is 0.708. The van der Waals surface area contributed by atoms with Crippen molar-refractivity contribution in [1.29, 1.82) is 0 Å². The minimum atomic E-state index is -1.04. The average Bonchev–Trinajstić information content (AvgIpc) is 2.25. The van der Waals surface area contributed by atoms with E-state index in [9.17, 15) is 9.59 Å². The minimum Gasteiger partial charge on any atom is -0.480 e. The number of amides is 1. The molecule has 1 aromatic heterocycles. The van der Waals surface area contributed by atoms with Gasteiger partial charge in [-0.25, -0.2) is 4.79 Å². The second-order valence-corrected chi connectivity index (χ2v) is 3.33. The number of hydrogen-bond donors (Lipinski definition) is 2. The van der Waals surface area contributed by atoms with Crippen LogP contribution in [0.5, 0.6) is 0 Å². The van der Waals surface area contributed by atoms with Gasteiger partial charge < -0.3 is 10.4 Å². The van der Waals surface area contributed by atoms with Gasteiger partial charge in [-0.1, -0.05) is 0 Å². The van der Waals surface area contributed by atoms with E-state index in [0.29, 0.717) is 18.5 Å². The summed E-state index contributed by atoms with van der Waals surface area (Å²) in [5, 5.41) is 11.2. The van der Waals surface area contributed by atoms with E-state index in [1.54, 1.807) is 18.6 Å². The fourth-order valence-corrected chi connectivity index (χ4v) is 1.25. The molecule has 1 amide bonds. The number of nitrogens with one attached hydrogen (secondary N) is 1. The molecule has 0 saturated carbocycles. The lowest BCUT2D eigenvalue weighted by Gasteiger charge is -2.12. The van der Waals surface area contributed by atoms with Crippen LogP contribution >= 0.6 is 0 Å². The molecule has 0 aliphatic carbocycles. The van der Waals surface area contributed by atoms with E-state index in [0.717, 1.165) is 0 Å². The van der Waals surface area contributed by atoms with Crippen LogP contribution in [0.15, 0.2) is 18.6 Å². The number of hydrogen-bond acceptors (Lipinski definition) is 4. The number of carboxylic acid groups (broad SMARTS) is 1. The van der Waals surface area contributed by atoms with Crippen molar-refractivity contribution in [3.63, 3.8) is 0 Å². The third-order valence-electron chi connectivity index (χ3n) is 1.98. The number of carboxylic acids is 1. The molecule has 1 heterocycles. The third kappa shape index (κ3) is 4.04. The van der Waals surface area contributed by atoms with Crippen LogP contribution in [0.1, 0.15) is 19.0 Å². The van der Waals surface area contributed by atoms with E-state index in [2.05, 4.69) is 15.3 Å². The monoisotopic (exact) mass is 223 g/mol. The van der Waals surface area contributed by atoms with Gasteiger partial charge in [0.15, 0.2) is 0 Å². The Kier molecular flexibility index (Phi) is 4.38. The molecule has 1 aromatic rings. The molecule has 1 unspecified atom stereocenters. The zero-order valence-corrected chi connectivity index (χ0v) is 8.88. The summed E-state index contributed by atoms with van der Waals surface area (Å²) in [6.07, 6.45) is 5.43. The van der Waals surface area contributed by atoms with Gasteiger partial charge in [0, 0.05) is 25.5 Å². The van der Waals surface area contributed by atoms with Gasteiger partial charge in [0.2, 0.25) is 5.91 Å². The van der Waals surface area contributed by atoms with Crippen LogP contribution in [0.25, 0.3) is 0 Å². The van der Waals surface area contributed by atoms with Gasteiger partial charge in [-0.15, -0.1) is 0 Å². The van der Waals surface area contributed by atoms with Crippen molar-refractivity contribution in [2.24, 2.45) is 0 Å². The van der Waals surface area contributed by atoms with Gasteiger partial charge in [0.25, 0.3) is 0 Å². The number of nitrogens with zero attached hydrogens (tertiary/aromatic N) is 2. The molecule has 0 aliphatic heterocycles. The molecule has 2 N–H and O–H groups in total. The molecule has 0 saturated heterocycles. The van der Waals surface area contributed by atoms with Crippen molar-refractivity contribution in [2.45, 2.75) is 25.8 Å². The van der Waals surface area contributed by atoms with Gasteiger partial charge in [-0.3, -0.25) is 14.8 Å². The lowest BCUT2D eigenvalue weighted by Crippen LogP contribution is -2.39. The topological polar surface area (TPSA) is 92.2 Å². The maximum absolute atomic E-state index is 10.8. The molecule has 0 aliphatic rings. The average molecular weight is 223 g/mol. The summed E-state index contributed by atoms with van der Waals surface area (Å²) in [5.74, 6) is -1.40. The standard InChI is InChI=1S/C10H13N3O3/c1-7(14)13-9(10(15)16)3-2-8-6-11-4-5-12-8/h4-6,9H,2-3H2,1H3,(H,13,14)(H,15,16). The van der Waals surface area contributed by atoms with Crippen LogP contribution in [0, 0.1) is 0 Å². The molecule has 0 spiro atoms. The smallest absolute Gasteiger partial charge is 0.326 e. The number of aryl methyl sites for hydroxylation is 1. The first kappa shape index (κ1) is 12.1. The Morgan fingerprint density at radius 2 is 2.25 bits per heavy atom. The molecule has 1 atom stereocenters. The number of rotatable bonds is 5. The maximum atomic E-state index is 10.8. The van der Waals surface area contributed by atoms with Gasteiger partial charge in [-0.05, 0) is 12.8 Å². The third-order valence-corrected chi connectivity index (χ3v) is 1.98. The van der Waals surface area contributed by atoms with E-state index < -0.39 is 12.0 Å². The van der Waals surface area contributed by atoms with Crippen molar-refractivity contribution in [1.82, 2.24) is 15.3 Å². The lowest BCUT2D eigenvalue weighted by atomic mass is 10.1. The molecule has 16 heavy (non-hydrogen) atoms. The van der Waals surface area contributed by atoms with Crippen LogP contribution < -0.4 is 5.32 Å². The summed E-state index contributed by atoms with van der Waals surface area (Å²) in [6.45, 7) is 1.29. The summed E-state index contributed by atoms with van der Waals surface area (Å²) in [7, 11) is 0. The predicted molar refractivity (Wildman–Crippen MR) is 55.6 cm³/mol. The molecule has 0 fully saturated rings. The van der Waals surface area contributed by atoms with Crippen LogP contribution in [-0.4, -0.2) is 33.0 Å². The summed E-state index contributed by atoms with van der Waals surface area (Å²) in [6, 6.07) is -0.875. The highest BCUT2D eigenvalue weighted by molar-refractivity contribution is 5.81. The van der Waals surface area contributed by atoms with E-state index in [1.165, 1.54) is 6.92 Å². The fraction of sp³-hybridized carbons (Fsp3) is 0.400. The van der Waals surface area contributed by atoms with Crippen molar-refractivity contribution in [3.05, 3.63) is 24.3 Å². The Balaban J connectivity index is 2.50. The second kappa shape index (κ2) is 5.79. The van der Waals surface area contributed by atoms with Crippen LogP contribution in [-0.2, 0) is 16.0 Å². The van der Waals surface area contributed by atoms with Crippen LogP contribution in [0.4, 0.5) is 0 Å². The van der Waals surface area contributed by atoms with Crippen molar-refractivity contribution < 1.29 is 14.7 Å². The Morgan fingerprint density at radius 1 is 1.50 bits per heavy atom. The Hall–Kier alpha value is -1.98. The fourth-order valence-electron chi connectivity index (χ4n) is 1.25. The lowest BCUT2D eigenvalue weighted by molar-refractivity contribution is -0.141. The molecule has 1 rings (SSSR count). The minimum absolute atomic E-state index is 0.299. The molecule has 86 valence electrons. The van der Waals surface area contributed by atoms with E-state index in [4.69, 9.17) is 5.11 Å². The molecule has 6 nitrogen and oxygen atoms in total. The maximum Gasteiger partial charge on any atom is 0.326 e. The van der Waals surface area contributed by atoms with E-state index >= 15 is 0 Å². The highest BCUT2D eigenvalue weighted by atomic mass is 16.4. The summed E-state index contributed by atoms with van der Waals surface area (Å²) in [4.78, 5) is 29.5. The predicted octanol–water partition coefficient (Wildman–Crippen LogP) is -0.00150. The van der Waals surface area contributed by atoms with Crippen molar-refractivity contribution in [3.8, 4) is 0 Å². The van der Waals surface area contributed by atoms with Crippen molar-refractivity contribution >= 4 is 11.9 Å². The highest BCUT2D eigenvalue weighted by Crippen LogP contribution is 2.01. The SMILES string of the molecule is CC(=O)NC(CCc1cnccn1)C(=O)O. The number of carbonyl (C=O) groups excluding carboxylic acids is 1. The Labute approximate surface area is 92.7 Å². The van der Waals surface area contributed by atoms with Gasteiger partial charge in [0.1, 0.15) is 6.04 Å². The number of aliphatic carboxylic acids is 1. The van der Waals surface area contributed by atoms with Gasteiger partial charge >= 0.3 is 5.97 Å². The molecule has 0 bridgehead atoms. The van der Waals surface area contributed by atoms with Crippen molar-refractivity contribution in [2.75, 3.05) is 0 Å². The Bertz CT molecular complexity index is 367. The molecule has 6 heteroatoms. The molecular weight excluding hydrogens is 210 g/mol. The first-order chi connectivity index (χ1) is 7.59. The van der Waals surface area contributed by atoms with E-state index in [1.807, 2.05) is 0 Å². The summed E-state index contributed by atoms with van der Waals surface area (Å²) >= 11 is 0. The molecular formula is C10H13N3O3. The zero-order chi connectivity index (χ0) is 12.0. The second-order valence-electron chi connectivity index (χ2n) is 3.33. The zero-order valence-electron chi connectivity index (χ0n) is 8.88. The van der Waals surface area contributed by atoms with Crippen LogP contribution in [0.2, 0.25) is 0 Å². The largest absolute Gasteiger partial charge is 0.480 e. The van der Waals surface area contributed by atoms with Gasteiger partial charge in [-0.2, -0.15) is 0 Å². The quantitative estimate of drug-likeness (QED) is 0.733. The summed E-state index contributed by atoms with van der Waals surface area (Å²) < 4.78 is 0. The highest BCUT2D eigenvalue weighted by Gasteiger charge is 2.17. The number of aromatic nitrogens is 2. The van der Waals surface area contributed by atoms with Gasteiger partial charge in [0.05, 0.1) is 5.69 Å². The molecule has 0 radical (unpaired) electrons. The van der Waals surface area contributed by atoms with E-state index in [-0.39, 0.29) is 5.91 Å². The first-order valence-electron chi connectivity index (χ1n) is 4.84. The molecule has 0 aromatic carbocycles. The number of carbonyl (C=O) groups is 2. The first-order valence-corrected chi connectivity index (χ1v) is 4.84. The van der Waals surface area contributed by atoms with Crippen LogP contribution in [0.3, 0.4) is 0 Å².